The zero-order valence-electron chi connectivity index (χ0n) is 12.6. The zero-order valence-corrected chi connectivity index (χ0v) is 12.6. The Morgan fingerprint density at radius 1 is 1.21 bits per heavy atom. The van der Waals surface area contributed by atoms with Crippen molar-refractivity contribution in [2.45, 2.75) is 39.7 Å². The van der Waals surface area contributed by atoms with Gasteiger partial charge in [0.1, 0.15) is 5.75 Å². The SMILES string of the molecule is CC(C)(N)C(C)(C)CN1CCCOc2ccccc21. The van der Waals surface area contributed by atoms with E-state index in [-0.39, 0.29) is 11.0 Å². The first kappa shape index (κ1) is 14.2. The molecular weight excluding hydrogens is 236 g/mol. The fraction of sp³-hybridized carbons (Fsp3) is 0.625. The van der Waals surface area contributed by atoms with Crippen LogP contribution in [-0.2, 0) is 0 Å². The van der Waals surface area contributed by atoms with Gasteiger partial charge in [-0.05, 0) is 37.8 Å². The summed E-state index contributed by atoms with van der Waals surface area (Å²) in [5.74, 6) is 0.991. The first-order valence-electron chi connectivity index (χ1n) is 7.07. The van der Waals surface area contributed by atoms with Gasteiger partial charge in [0.05, 0.1) is 12.3 Å². The molecule has 0 aromatic heterocycles. The van der Waals surface area contributed by atoms with Gasteiger partial charge in [-0.25, -0.2) is 0 Å². The highest BCUT2D eigenvalue weighted by Crippen LogP contribution is 2.35. The molecule has 0 spiro atoms. The van der Waals surface area contributed by atoms with Crippen LogP contribution >= 0.6 is 0 Å². The first-order valence-corrected chi connectivity index (χ1v) is 7.07. The topological polar surface area (TPSA) is 38.5 Å². The van der Waals surface area contributed by atoms with Gasteiger partial charge in [0, 0.05) is 18.6 Å². The highest BCUT2D eigenvalue weighted by molar-refractivity contribution is 5.59. The van der Waals surface area contributed by atoms with Crippen LogP contribution in [0.5, 0.6) is 5.75 Å². The minimum Gasteiger partial charge on any atom is -0.491 e. The maximum absolute atomic E-state index is 6.33. The van der Waals surface area contributed by atoms with E-state index >= 15 is 0 Å². The summed E-state index contributed by atoms with van der Waals surface area (Å²) in [4.78, 5) is 2.41. The van der Waals surface area contributed by atoms with Crippen LogP contribution in [-0.4, -0.2) is 25.2 Å². The molecule has 0 aliphatic carbocycles. The molecule has 0 amide bonds. The minimum atomic E-state index is -0.213. The number of nitrogens with two attached hydrogens (primary N) is 1. The molecule has 1 heterocycles. The van der Waals surface area contributed by atoms with E-state index in [1.165, 1.54) is 5.69 Å². The van der Waals surface area contributed by atoms with E-state index in [0.29, 0.717) is 0 Å². The van der Waals surface area contributed by atoms with Crippen LogP contribution in [0.25, 0.3) is 0 Å². The van der Waals surface area contributed by atoms with E-state index in [1.807, 2.05) is 12.1 Å². The van der Waals surface area contributed by atoms with Crippen molar-refractivity contribution >= 4 is 5.69 Å². The summed E-state index contributed by atoms with van der Waals surface area (Å²) in [6.45, 7) is 11.4. The number of nitrogens with zero attached hydrogens (tertiary/aromatic N) is 1. The number of hydrogen-bond acceptors (Lipinski definition) is 3. The van der Waals surface area contributed by atoms with Crippen molar-refractivity contribution in [1.29, 1.82) is 0 Å². The molecule has 3 nitrogen and oxygen atoms in total. The number of para-hydroxylation sites is 2. The number of benzene rings is 1. The van der Waals surface area contributed by atoms with E-state index in [1.54, 1.807) is 0 Å². The van der Waals surface area contributed by atoms with Gasteiger partial charge in [0.25, 0.3) is 0 Å². The second-order valence-electron chi connectivity index (χ2n) is 6.70. The molecule has 1 aromatic carbocycles. The van der Waals surface area contributed by atoms with Crippen LogP contribution < -0.4 is 15.4 Å². The fourth-order valence-corrected chi connectivity index (χ4v) is 2.24. The highest BCUT2D eigenvalue weighted by Gasteiger charge is 2.35. The van der Waals surface area contributed by atoms with Crippen molar-refractivity contribution < 1.29 is 4.74 Å². The Hall–Kier alpha value is -1.22. The molecule has 0 bridgehead atoms. The third-order valence-electron chi connectivity index (χ3n) is 4.37. The third-order valence-corrected chi connectivity index (χ3v) is 4.37. The Morgan fingerprint density at radius 3 is 2.58 bits per heavy atom. The molecular formula is C16H26N2O. The summed E-state index contributed by atoms with van der Waals surface area (Å²) in [5.41, 5.74) is 7.34. The molecule has 0 unspecified atom stereocenters. The normalized spacial score (nSPS) is 16.6. The molecule has 0 radical (unpaired) electrons. The molecule has 1 aliphatic heterocycles. The van der Waals surface area contributed by atoms with Gasteiger partial charge in [0.15, 0.2) is 0 Å². The van der Waals surface area contributed by atoms with Gasteiger partial charge < -0.3 is 15.4 Å². The number of fused-ring (bicyclic) bond motifs is 1. The Morgan fingerprint density at radius 2 is 1.89 bits per heavy atom. The lowest BCUT2D eigenvalue weighted by atomic mass is 9.75. The van der Waals surface area contributed by atoms with Crippen LogP contribution in [0.3, 0.4) is 0 Å². The van der Waals surface area contributed by atoms with Gasteiger partial charge >= 0.3 is 0 Å². The molecule has 106 valence electrons. The van der Waals surface area contributed by atoms with Crippen LogP contribution in [0.2, 0.25) is 0 Å². The Balaban J connectivity index is 2.26. The molecule has 3 heteroatoms. The molecule has 19 heavy (non-hydrogen) atoms. The monoisotopic (exact) mass is 262 g/mol. The standard InChI is InChI=1S/C16H26N2O/c1-15(2,16(3,4)17)12-18-10-7-11-19-14-9-6-5-8-13(14)18/h5-6,8-9H,7,10-12,17H2,1-4H3. The zero-order chi connectivity index (χ0) is 14.1. The number of ether oxygens (including phenoxy) is 1. The van der Waals surface area contributed by atoms with E-state index in [4.69, 9.17) is 10.5 Å². The van der Waals surface area contributed by atoms with Crippen molar-refractivity contribution in [3.05, 3.63) is 24.3 Å². The molecule has 0 fully saturated rings. The molecule has 2 N–H and O–H groups in total. The Labute approximate surface area is 116 Å². The number of hydrogen-bond donors (Lipinski definition) is 1. The van der Waals surface area contributed by atoms with Crippen molar-refractivity contribution in [3.8, 4) is 5.75 Å². The largest absolute Gasteiger partial charge is 0.491 e. The highest BCUT2D eigenvalue weighted by atomic mass is 16.5. The lowest BCUT2D eigenvalue weighted by molar-refractivity contribution is 0.207. The van der Waals surface area contributed by atoms with Crippen LogP contribution in [0.1, 0.15) is 34.1 Å². The average molecular weight is 262 g/mol. The second-order valence-corrected chi connectivity index (χ2v) is 6.70. The lowest BCUT2D eigenvalue weighted by Gasteiger charge is -2.42. The quantitative estimate of drug-likeness (QED) is 0.910. The van der Waals surface area contributed by atoms with E-state index < -0.39 is 0 Å². The summed E-state index contributed by atoms with van der Waals surface area (Å²) >= 11 is 0. The second kappa shape index (κ2) is 5.04. The maximum Gasteiger partial charge on any atom is 0.142 e. The van der Waals surface area contributed by atoms with Gasteiger partial charge in [0.2, 0.25) is 0 Å². The van der Waals surface area contributed by atoms with Crippen molar-refractivity contribution in [3.63, 3.8) is 0 Å². The smallest absolute Gasteiger partial charge is 0.142 e. The summed E-state index contributed by atoms with van der Waals surface area (Å²) in [6, 6.07) is 8.29. The lowest BCUT2D eigenvalue weighted by Crippen LogP contribution is -2.53. The molecule has 0 atom stereocenters. The number of rotatable bonds is 3. The van der Waals surface area contributed by atoms with E-state index in [2.05, 4.69) is 44.7 Å². The van der Waals surface area contributed by atoms with Crippen LogP contribution in [0, 0.1) is 5.41 Å². The van der Waals surface area contributed by atoms with Gasteiger partial charge in [-0.1, -0.05) is 26.0 Å². The predicted octanol–water partition coefficient (Wildman–Crippen LogP) is 3.04. The molecule has 2 rings (SSSR count). The van der Waals surface area contributed by atoms with Crippen molar-refractivity contribution in [2.24, 2.45) is 11.1 Å². The number of anilines is 1. The summed E-state index contributed by atoms with van der Waals surface area (Å²) in [7, 11) is 0. The summed E-state index contributed by atoms with van der Waals surface area (Å²) in [5, 5.41) is 0. The van der Waals surface area contributed by atoms with E-state index in [9.17, 15) is 0 Å². The summed E-state index contributed by atoms with van der Waals surface area (Å²) < 4.78 is 5.81. The predicted molar refractivity (Wildman–Crippen MR) is 80.8 cm³/mol. The first-order chi connectivity index (χ1) is 8.81. The third kappa shape index (κ3) is 3.03. The van der Waals surface area contributed by atoms with Gasteiger partial charge in [-0.15, -0.1) is 0 Å². The molecule has 0 saturated carbocycles. The summed E-state index contributed by atoms with van der Waals surface area (Å²) in [6.07, 6.45) is 1.05. The van der Waals surface area contributed by atoms with Crippen LogP contribution in [0.4, 0.5) is 5.69 Å². The molecule has 1 aromatic rings. The molecule has 1 aliphatic rings. The maximum atomic E-state index is 6.33. The average Bonchev–Trinajstić information content (AvgIpc) is 2.50. The van der Waals surface area contributed by atoms with Crippen molar-refractivity contribution in [2.75, 3.05) is 24.6 Å². The molecule has 0 saturated heterocycles. The Kier molecular flexibility index (Phi) is 3.77. The van der Waals surface area contributed by atoms with Crippen LogP contribution in [0.15, 0.2) is 24.3 Å². The Bertz CT molecular complexity index is 435. The van der Waals surface area contributed by atoms with Crippen molar-refractivity contribution in [1.82, 2.24) is 0 Å². The minimum absolute atomic E-state index is 0.0322. The fourth-order valence-electron chi connectivity index (χ4n) is 2.24. The van der Waals surface area contributed by atoms with E-state index in [0.717, 1.165) is 31.9 Å². The van der Waals surface area contributed by atoms with Gasteiger partial charge in [-0.2, -0.15) is 0 Å². The van der Waals surface area contributed by atoms with Gasteiger partial charge in [-0.3, -0.25) is 0 Å².